The minimum absolute atomic E-state index is 0.109. The fourth-order valence-corrected chi connectivity index (χ4v) is 3.57. The molecule has 0 spiro atoms. The number of aromatic nitrogens is 1. The molecule has 1 amide bonds. The van der Waals surface area contributed by atoms with Crippen LogP contribution in [0.25, 0.3) is 10.9 Å². The van der Waals surface area contributed by atoms with Gasteiger partial charge in [0.05, 0.1) is 34.2 Å². The van der Waals surface area contributed by atoms with E-state index < -0.39 is 16.6 Å². The highest BCUT2D eigenvalue weighted by Gasteiger charge is 2.16. The molecular weight excluding hydrogens is 376 g/mol. The second kappa shape index (κ2) is 8.06. The Bertz CT molecular complexity index is 1190. The SMILES string of the molecule is CCc1cc(C[SH](=O)=O)cc2c(Nc3cccc(C#N)c3)c(C(N)=O)cnc12. The molecule has 0 aliphatic carbocycles. The van der Waals surface area contributed by atoms with Crippen LogP contribution in [0.15, 0.2) is 42.6 Å². The van der Waals surface area contributed by atoms with Gasteiger partial charge in [0.1, 0.15) is 10.7 Å². The van der Waals surface area contributed by atoms with Crippen LogP contribution in [0.5, 0.6) is 0 Å². The topological polar surface area (TPSA) is 126 Å². The third kappa shape index (κ3) is 3.94. The number of pyridine rings is 1. The highest BCUT2D eigenvalue weighted by molar-refractivity contribution is 7.71. The Morgan fingerprint density at radius 1 is 1.29 bits per heavy atom. The number of nitrogens with two attached hydrogens (primary N) is 1. The van der Waals surface area contributed by atoms with Crippen LogP contribution in [0.3, 0.4) is 0 Å². The lowest BCUT2D eigenvalue weighted by atomic mass is 10.0. The van der Waals surface area contributed by atoms with Crippen LogP contribution >= 0.6 is 0 Å². The average Bonchev–Trinajstić information content (AvgIpc) is 2.67. The molecule has 0 aliphatic heterocycles. The zero-order chi connectivity index (χ0) is 20.3. The zero-order valence-electron chi connectivity index (χ0n) is 15.1. The molecular formula is C20H18N4O3S. The lowest BCUT2D eigenvalue weighted by Gasteiger charge is -2.16. The number of carbonyl (C=O) groups is 1. The number of hydrogen-bond donors (Lipinski definition) is 3. The van der Waals surface area contributed by atoms with Gasteiger partial charge in [0, 0.05) is 17.3 Å². The largest absolute Gasteiger partial charge is 0.365 e. The number of nitriles is 1. The first-order valence-corrected chi connectivity index (χ1v) is 9.92. The Balaban J connectivity index is 2.28. The van der Waals surface area contributed by atoms with E-state index in [9.17, 15) is 13.2 Å². The van der Waals surface area contributed by atoms with E-state index in [1.807, 2.05) is 13.0 Å². The molecule has 0 bridgehead atoms. The number of nitrogens with zero attached hydrogens (tertiary/aromatic N) is 2. The smallest absolute Gasteiger partial charge is 0.252 e. The van der Waals surface area contributed by atoms with E-state index in [0.29, 0.717) is 39.8 Å². The molecule has 0 saturated carbocycles. The van der Waals surface area contributed by atoms with Crippen LogP contribution in [0.1, 0.15) is 34.0 Å². The number of carbonyl (C=O) groups excluding carboxylic acids is 1. The molecule has 0 fully saturated rings. The van der Waals surface area contributed by atoms with Gasteiger partial charge in [-0.3, -0.25) is 9.78 Å². The number of anilines is 2. The van der Waals surface area contributed by atoms with Crippen LogP contribution in [0.4, 0.5) is 11.4 Å². The molecule has 28 heavy (non-hydrogen) atoms. The maximum Gasteiger partial charge on any atom is 0.252 e. The van der Waals surface area contributed by atoms with Crippen molar-refractivity contribution >= 4 is 38.9 Å². The number of benzene rings is 2. The summed E-state index contributed by atoms with van der Waals surface area (Å²) in [6.45, 7) is 1.95. The molecule has 142 valence electrons. The Hall–Kier alpha value is -3.44. The van der Waals surface area contributed by atoms with Crippen LogP contribution in [0.2, 0.25) is 0 Å². The number of nitrogens with one attached hydrogen (secondary N) is 1. The molecule has 3 N–H and O–H groups in total. The Morgan fingerprint density at radius 3 is 2.71 bits per heavy atom. The summed E-state index contributed by atoms with van der Waals surface area (Å²) in [5, 5.41) is 12.9. The highest BCUT2D eigenvalue weighted by atomic mass is 32.2. The van der Waals surface area contributed by atoms with Crippen molar-refractivity contribution < 1.29 is 13.2 Å². The average molecular weight is 394 g/mol. The Morgan fingerprint density at radius 2 is 2.07 bits per heavy atom. The Kier molecular flexibility index (Phi) is 5.57. The van der Waals surface area contributed by atoms with Crippen molar-refractivity contribution in [2.24, 2.45) is 5.73 Å². The van der Waals surface area contributed by atoms with Crippen molar-refractivity contribution in [1.29, 1.82) is 5.26 Å². The van der Waals surface area contributed by atoms with Gasteiger partial charge >= 0.3 is 0 Å². The minimum Gasteiger partial charge on any atom is -0.365 e. The summed E-state index contributed by atoms with van der Waals surface area (Å²) in [7, 11) is -2.60. The van der Waals surface area contributed by atoms with Crippen LogP contribution in [-0.2, 0) is 22.9 Å². The van der Waals surface area contributed by atoms with Gasteiger partial charge in [0.15, 0.2) is 0 Å². The van der Waals surface area contributed by atoms with Crippen molar-refractivity contribution in [3.8, 4) is 6.07 Å². The van der Waals surface area contributed by atoms with E-state index in [4.69, 9.17) is 11.0 Å². The molecule has 1 aromatic heterocycles. The standard InChI is InChI=1S/C20H18N4O3S/c1-2-14-6-13(11-28(26)27)8-16-18(14)23-10-17(20(22)25)19(16)24-15-5-3-4-12(7-15)9-21/h3-8,10,28H,2,11H2,1H3,(H2,22,25)(H,23,24). The summed E-state index contributed by atoms with van der Waals surface area (Å²) in [5.74, 6) is -0.769. The molecule has 0 atom stereocenters. The predicted octanol–water partition coefficient (Wildman–Crippen LogP) is 2.62. The summed E-state index contributed by atoms with van der Waals surface area (Å²) in [4.78, 5) is 16.4. The molecule has 8 heteroatoms. The third-order valence-electron chi connectivity index (χ3n) is 4.33. The number of aryl methyl sites for hydroxylation is 1. The van der Waals surface area contributed by atoms with E-state index in [2.05, 4.69) is 16.4 Å². The first-order chi connectivity index (χ1) is 13.4. The van der Waals surface area contributed by atoms with E-state index >= 15 is 0 Å². The summed E-state index contributed by atoms with van der Waals surface area (Å²) in [6.07, 6.45) is 2.06. The monoisotopic (exact) mass is 394 g/mol. The lowest BCUT2D eigenvalue weighted by molar-refractivity contribution is 0.100. The molecule has 3 rings (SSSR count). The summed E-state index contributed by atoms with van der Waals surface area (Å²) in [6, 6.07) is 12.4. The predicted molar refractivity (Wildman–Crippen MR) is 108 cm³/mol. The van der Waals surface area contributed by atoms with Crippen molar-refractivity contribution in [2.45, 2.75) is 19.1 Å². The number of hydrogen-bond acceptors (Lipinski definition) is 6. The normalized spacial score (nSPS) is 10.8. The summed E-state index contributed by atoms with van der Waals surface area (Å²) >= 11 is 0. The van der Waals surface area contributed by atoms with Gasteiger partial charge in [0.2, 0.25) is 0 Å². The van der Waals surface area contributed by atoms with E-state index in [1.165, 1.54) is 6.20 Å². The zero-order valence-corrected chi connectivity index (χ0v) is 16.0. The van der Waals surface area contributed by atoms with Gasteiger partial charge in [-0.1, -0.05) is 19.1 Å². The first-order valence-electron chi connectivity index (χ1n) is 8.56. The molecule has 2 aromatic carbocycles. The van der Waals surface area contributed by atoms with Crippen LogP contribution < -0.4 is 11.1 Å². The number of rotatable bonds is 6. The van der Waals surface area contributed by atoms with Gasteiger partial charge in [-0.05, 0) is 41.8 Å². The summed E-state index contributed by atoms with van der Waals surface area (Å²) < 4.78 is 22.5. The number of amides is 1. The molecule has 3 aromatic rings. The molecule has 0 unspecified atom stereocenters. The number of fused-ring (bicyclic) bond motifs is 1. The number of primary amides is 1. The quantitative estimate of drug-likeness (QED) is 0.552. The van der Waals surface area contributed by atoms with Gasteiger partial charge in [-0.25, -0.2) is 8.42 Å². The van der Waals surface area contributed by atoms with Crippen molar-refractivity contribution in [2.75, 3.05) is 5.32 Å². The van der Waals surface area contributed by atoms with Crippen molar-refractivity contribution in [1.82, 2.24) is 4.98 Å². The Labute approximate surface area is 163 Å². The van der Waals surface area contributed by atoms with Crippen LogP contribution in [0, 0.1) is 11.3 Å². The molecule has 0 aliphatic rings. The molecule has 0 saturated heterocycles. The lowest BCUT2D eigenvalue weighted by Crippen LogP contribution is -2.14. The third-order valence-corrected chi connectivity index (χ3v) is 4.95. The van der Waals surface area contributed by atoms with Gasteiger partial charge in [0.25, 0.3) is 5.91 Å². The molecule has 7 nitrogen and oxygen atoms in total. The fourth-order valence-electron chi connectivity index (χ4n) is 3.08. The number of thiol groups is 1. The van der Waals surface area contributed by atoms with Crippen molar-refractivity contribution in [3.63, 3.8) is 0 Å². The maximum absolute atomic E-state index is 12.0. The maximum atomic E-state index is 12.0. The fraction of sp³-hybridized carbons (Fsp3) is 0.150. The van der Waals surface area contributed by atoms with E-state index in [-0.39, 0.29) is 11.3 Å². The molecule has 1 heterocycles. The molecule has 0 radical (unpaired) electrons. The van der Waals surface area contributed by atoms with Crippen LogP contribution in [-0.4, -0.2) is 19.3 Å². The second-order valence-corrected chi connectivity index (χ2v) is 7.21. The van der Waals surface area contributed by atoms with Gasteiger partial charge in [-0.15, -0.1) is 0 Å². The second-order valence-electron chi connectivity index (χ2n) is 6.22. The van der Waals surface area contributed by atoms with E-state index in [1.54, 1.807) is 30.3 Å². The minimum atomic E-state index is -2.60. The van der Waals surface area contributed by atoms with Crippen molar-refractivity contribution in [3.05, 3.63) is 64.8 Å². The van der Waals surface area contributed by atoms with Gasteiger partial charge in [-0.2, -0.15) is 5.26 Å². The first kappa shape index (κ1) is 19.3. The van der Waals surface area contributed by atoms with E-state index in [0.717, 1.165) is 5.56 Å². The summed E-state index contributed by atoms with van der Waals surface area (Å²) in [5.41, 5.74) is 9.36. The van der Waals surface area contributed by atoms with Gasteiger partial charge < -0.3 is 11.1 Å². The highest BCUT2D eigenvalue weighted by Crippen LogP contribution is 2.32.